The molecule has 3 nitrogen and oxygen atoms in total. The maximum atomic E-state index is 5.84. The van der Waals surface area contributed by atoms with Gasteiger partial charge in [0.15, 0.2) is 5.41 Å². The molecule has 0 amide bonds. The molecule has 0 saturated heterocycles. The Hall–Kier alpha value is 0.0969. The van der Waals surface area contributed by atoms with Gasteiger partial charge in [-0.2, -0.15) is 0 Å². The van der Waals surface area contributed by atoms with Crippen LogP contribution in [0.2, 0.25) is 0 Å². The summed E-state index contributed by atoms with van der Waals surface area (Å²) in [6, 6.07) is 0. The molecule has 0 aromatic rings. The Kier molecular flexibility index (Phi) is 10.1. The van der Waals surface area contributed by atoms with E-state index in [-0.39, 0.29) is 6.10 Å². The lowest BCUT2D eigenvalue weighted by atomic mass is 10.1. The van der Waals surface area contributed by atoms with Crippen LogP contribution in [0.3, 0.4) is 0 Å². The van der Waals surface area contributed by atoms with Crippen LogP contribution >= 0.6 is 0 Å². The van der Waals surface area contributed by atoms with Crippen molar-refractivity contribution < 1.29 is 14.2 Å². The first kappa shape index (κ1) is 17.1. The fourth-order valence-electron chi connectivity index (χ4n) is 2.08. The summed E-state index contributed by atoms with van der Waals surface area (Å²) in [5.74, 6) is 0. The van der Waals surface area contributed by atoms with Gasteiger partial charge in [0, 0.05) is 19.8 Å². The topological polar surface area (TPSA) is 27.7 Å². The fourth-order valence-corrected chi connectivity index (χ4v) is 3.11. The third-order valence-corrected chi connectivity index (χ3v) is 4.11. The zero-order valence-electron chi connectivity index (χ0n) is 12.3. The molecule has 0 rings (SSSR count). The van der Waals surface area contributed by atoms with E-state index in [4.69, 9.17) is 14.2 Å². The van der Waals surface area contributed by atoms with Gasteiger partial charge in [0.25, 0.3) is 0 Å². The van der Waals surface area contributed by atoms with Crippen molar-refractivity contribution in [2.45, 2.75) is 64.9 Å². The van der Waals surface area contributed by atoms with Crippen molar-refractivity contribution in [1.29, 1.82) is 0 Å². The molecule has 0 fully saturated rings. The van der Waals surface area contributed by atoms with E-state index in [1.54, 1.807) is 0 Å². The van der Waals surface area contributed by atoms with Crippen molar-refractivity contribution in [2.24, 2.45) is 0 Å². The number of rotatable bonds is 11. The van der Waals surface area contributed by atoms with Gasteiger partial charge >= 0.3 is 0 Å². The average molecular weight is 262 g/mol. The maximum Gasteiger partial charge on any atom is 0.166 e. The lowest BCUT2D eigenvalue weighted by molar-refractivity contribution is -0.237. The number of hydrogen-bond donors (Lipinski definition) is 0. The third-order valence-electron chi connectivity index (χ3n) is 2.88. The van der Waals surface area contributed by atoms with Crippen molar-refractivity contribution in [3.05, 3.63) is 0 Å². The van der Waals surface area contributed by atoms with Gasteiger partial charge in [-0.05, 0) is 27.2 Å². The van der Waals surface area contributed by atoms with Crippen LogP contribution in [0.25, 0.3) is 0 Å². The second kappa shape index (κ2) is 10.1. The van der Waals surface area contributed by atoms with Gasteiger partial charge in [-0.1, -0.05) is 26.2 Å². The molecule has 1 atom stereocenters. The normalized spacial score (nSPS) is 14.1. The van der Waals surface area contributed by atoms with E-state index in [9.17, 15) is 0 Å². The molecule has 0 aliphatic rings. The smallest absolute Gasteiger partial charge is 0.166 e. The highest BCUT2D eigenvalue weighted by Gasteiger charge is 2.35. The third kappa shape index (κ3) is 6.55. The zero-order chi connectivity index (χ0) is 13.1. The average Bonchev–Trinajstić information content (AvgIpc) is 2.29. The molecule has 0 aliphatic carbocycles. The molecule has 0 bridgehead atoms. The summed E-state index contributed by atoms with van der Waals surface area (Å²) in [6.45, 7) is 10.4. The second-order valence-electron chi connectivity index (χ2n) is 4.32. The summed E-state index contributed by atoms with van der Waals surface area (Å²) >= 11 is 0. The predicted octanol–water partition coefficient (Wildman–Crippen LogP) is 2.06. The van der Waals surface area contributed by atoms with Gasteiger partial charge in [-0.3, -0.25) is 0 Å². The first-order valence-electron chi connectivity index (χ1n) is 7.04. The van der Waals surface area contributed by atoms with E-state index in [0.717, 1.165) is 23.3 Å². The van der Waals surface area contributed by atoms with Crippen molar-refractivity contribution in [3.8, 4) is 0 Å². The Morgan fingerprint density at radius 1 is 0.941 bits per heavy atom. The number of ether oxygens (including phenoxy) is 3. The summed E-state index contributed by atoms with van der Waals surface area (Å²) in [5.41, 5.74) is -0.465. The minimum atomic E-state index is -0.465. The van der Waals surface area contributed by atoms with Crippen LogP contribution in [0.5, 0.6) is 0 Å². The first-order chi connectivity index (χ1) is 8.14. The minimum Gasteiger partial charge on any atom is -0.373 e. The molecule has 0 spiro atoms. The lowest BCUT2D eigenvalue weighted by Gasteiger charge is -2.37. The van der Waals surface area contributed by atoms with Crippen LogP contribution in [0.4, 0.5) is 0 Å². The van der Waals surface area contributed by atoms with Crippen LogP contribution in [0, 0.1) is 0 Å². The Balaban J connectivity index is 4.45. The molecule has 0 saturated carbocycles. The summed E-state index contributed by atoms with van der Waals surface area (Å²) in [6.07, 6.45) is 4.79. The first-order valence-corrected chi connectivity index (χ1v) is 8.04. The van der Waals surface area contributed by atoms with Crippen LogP contribution < -0.4 is 0 Å². The molecule has 0 N–H and O–H groups in total. The molecule has 0 aliphatic heterocycles. The van der Waals surface area contributed by atoms with Crippen LogP contribution in [0.1, 0.15) is 53.4 Å². The van der Waals surface area contributed by atoms with Gasteiger partial charge in [0.2, 0.25) is 0 Å². The molecule has 1 unspecified atom stereocenters. The quantitative estimate of drug-likeness (QED) is 0.324. The largest absolute Gasteiger partial charge is 0.373 e. The van der Waals surface area contributed by atoms with E-state index in [1.807, 2.05) is 20.8 Å². The van der Waals surface area contributed by atoms with Gasteiger partial charge in [0.05, 0.1) is 10.2 Å². The molecule has 0 aromatic heterocycles. The standard InChI is InChI=1S/C13H30O3Si/c1-5-9-10-11-12(14-6-2)13(17,15-7-3)16-8-4/h12H,5-11H2,1-4,17H3. The van der Waals surface area contributed by atoms with Gasteiger partial charge in [-0.25, -0.2) is 0 Å². The van der Waals surface area contributed by atoms with Gasteiger partial charge in [-0.15, -0.1) is 0 Å². The van der Waals surface area contributed by atoms with E-state index in [0.29, 0.717) is 13.2 Å². The van der Waals surface area contributed by atoms with Crippen molar-refractivity contribution in [1.82, 2.24) is 0 Å². The zero-order valence-corrected chi connectivity index (χ0v) is 14.3. The molecule has 0 radical (unpaired) electrons. The Morgan fingerprint density at radius 2 is 1.53 bits per heavy atom. The van der Waals surface area contributed by atoms with E-state index in [1.165, 1.54) is 19.3 Å². The Labute approximate surface area is 110 Å². The monoisotopic (exact) mass is 262 g/mol. The predicted molar refractivity (Wildman–Crippen MR) is 75.5 cm³/mol. The van der Waals surface area contributed by atoms with E-state index < -0.39 is 5.41 Å². The van der Waals surface area contributed by atoms with E-state index >= 15 is 0 Å². The molecule has 4 heteroatoms. The van der Waals surface area contributed by atoms with Gasteiger partial charge < -0.3 is 14.2 Å². The molecule has 0 heterocycles. The lowest BCUT2D eigenvalue weighted by Crippen LogP contribution is -2.49. The fraction of sp³-hybridized carbons (Fsp3) is 1.00. The Morgan fingerprint density at radius 3 is 1.94 bits per heavy atom. The molecule has 0 aromatic carbocycles. The summed E-state index contributed by atoms with van der Waals surface area (Å²) in [7, 11) is 0.834. The van der Waals surface area contributed by atoms with Crippen LogP contribution in [-0.4, -0.2) is 41.6 Å². The van der Waals surface area contributed by atoms with E-state index in [2.05, 4.69) is 6.92 Å². The molecular formula is C13H30O3Si. The summed E-state index contributed by atoms with van der Waals surface area (Å²) < 4.78 is 17.5. The highest BCUT2D eigenvalue weighted by molar-refractivity contribution is 6.13. The highest BCUT2D eigenvalue weighted by Crippen LogP contribution is 2.22. The maximum absolute atomic E-state index is 5.84. The highest BCUT2D eigenvalue weighted by atomic mass is 28.1. The molecule has 104 valence electrons. The number of unbranched alkanes of at least 4 members (excludes halogenated alkanes) is 2. The van der Waals surface area contributed by atoms with Gasteiger partial charge in [0.1, 0.15) is 6.10 Å². The number of hydrogen-bond acceptors (Lipinski definition) is 3. The Bertz CT molecular complexity index is 170. The minimum absolute atomic E-state index is 0.0885. The molecule has 17 heavy (non-hydrogen) atoms. The summed E-state index contributed by atoms with van der Waals surface area (Å²) in [4.78, 5) is 0. The SMILES string of the molecule is CCCCCC(OCC)C([SiH3])(OCC)OCC. The second-order valence-corrected chi connectivity index (χ2v) is 5.72. The molecular weight excluding hydrogens is 232 g/mol. The van der Waals surface area contributed by atoms with Crippen molar-refractivity contribution in [2.75, 3.05) is 19.8 Å². The summed E-state index contributed by atoms with van der Waals surface area (Å²) in [5, 5.41) is 0. The van der Waals surface area contributed by atoms with Crippen molar-refractivity contribution in [3.63, 3.8) is 0 Å². The van der Waals surface area contributed by atoms with Crippen molar-refractivity contribution >= 4 is 10.2 Å². The van der Waals surface area contributed by atoms with Crippen LogP contribution in [-0.2, 0) is 14.2 Å². The van der Waals surface area contributed by atoms with Crippen LogP contribution in [0.15, 0.2) is 0 Å².